The van der Waals surface area contributed by atoms with Gasteiger partial charge >= 0.3 is 0 Å². The molecule has 1 fully saturated rings. The van der Waals surface area contributed by atoms with Crippen LogP contribution in [0.25, 0.3) is 0 Å². The number of aryl methyl sites for hydroxylation is 1. The van der Waals surface area contributed by atoms with Crippen LogP contribution in [-0.4, -0.2) is 42.5 Å². The molecule has 1 aromatic rings. The molecule has 0 saturated carbocycles. The molecular weight excluding hydrogens is 282 g/mol. The third-order valence-corrected chi connectivity index (χ3v) is 5.39. The van der Waals surface area contributed by atoms with Crippen LogP contribution < -0.4 is 0 Å². The van der Waals surface area contributed by atoms with Crippen LogP contribution in [0.4, 0.5) is 0 Å². The second-order valence-electron chi connectivity index (χ2n) is 5.16. The molecule has 5 heteroatoms. The van der Waals surface area contributed by atoms with Gasteiger partial charge < -0.3 is 9.64 Å². The van der Waals surface area contributed by atoms with Gasteiger partial charge in [-0.15, -0.1) is 22.9 Å². The molecule has 0 bridgehead atoms. The van der Waals surface area contributed by atoms with Crippen LogP contribution in [0.5, 0.6) is 0 Å². The predicted octanol–water partition coefficient (Wildman–Crippen LogP) is 2.63. The van der Waals surface area contributed by atoms with Crippen LogP contribution in [0.2, 0.25) is 0 Å². The zero-order valence-electron chi connectivity index (χ0n) is 10.8. The number of amides is 1. The van der Waals surface area contributed by atoms with Crippen LogP contribution in [0.15, 0.2) is 11.4 Å². The second-order valence-corrected chi connectivity index (χ2v) is 6.47. The monoisotopic (exact) mass is 299 g/mol. The number of carbonyl (C=O) groups excluding carboxylic acids is 1. The van der Waals surface area contributed by atoms with Gasteiger partial charge in [0.25, 0.3) is 0 Å². The fraction of sp³-hybridized carbons (Fsp3) is 0.643. The maximum absolute atomic E-state index is 12.8. The minimum absolute atomic E-state index is 0.0342. The first kappa shape index (κ1) is 13.4. The zero-order valence-corrected chi connectivity index (χ0v) is 12.4. The third kappa shape index (κ3) is 2.54. The Morgan fingerprint density at radius 2 is 2.47 bits per heavy atom. The van der Waals surface area contributed by atoms with E-state index >= 15 is 0 Å². The van der Waals surface area contributed by atoms with Crippen molar-refractivity contribution in [3.8, 4) is 0 Å². The first-order valence-corrected chi connectivity index (χ1v) is 8.23. The molecule has 1 saturated heterocycles. The molecule has 2 atom stereocenters. The van der Waals surface area contributed by atoms with Gasteiger partial charge in [-0.25, -0.2) is 0 Å². The van der Waals surface area contributed by atoms with E-state index in [2.05, 4.69) is 11.4 Å². The number of hydrogen-bond acceptors (Lipinski definition) is 3. The number of ether oxygens (including phenoxy) is 1. The van der Waals surface area contributed by atoms with Crippen molar-refractivity contribution in [1.29, 1.82) is 0 Å². The Morgan fingerprint density at radius 3 is 3.32 bits per heavy atom. The lowest BCUT2D eigenvalue weighted by atomic mass is 9.86. The number of alkyl halides is 1. The van der Waals surface area contributed by atoms with Crippen molar-refractivity contribution in [2.45, 2.75) is 31.2 Å². The van der Waals surface area contributed by atoms with Gasteiger partial charge in [0, 0.05) is 17.3 Å². The van der Waals surface area contributed by atoms with Crippen molar-refractivity contribution < 1.29 is 9.53 Å². The Morgan fingerprint density at radius 1 is 1.58 bits per heavy atom. The van der Waals surface area contributed by atoms with Crippen LogP contribution >= 0.6 is 22.9 Å². The summed E-state index contributed by atoms with van der Waals surface area (Å²) in [5, 5.41) is 2.11. The van der Waals surface area contributed by atoms with Gasteiger partial charge in [0.05, 0.1) is 25.2 Å². The topological polar surface area (TPSA) is 29.5 Å². The van der Waals surface area contributed by atoms with Crippen molar-refractivity contribution in [3.63, 3.8) is 0 Å². The van der Waals surface area contributed by atoms with E-state index in [1.165, 1.54) is 10.4 Å². The van der Waals surface area contributed by atoms with Crippen molar-refractivity contribution in [1.82, 2.24) is 4.90 Å². The molecule has 0 radical (unpaired) electrons. The number of carbonyl (C=O) groups is 1. The quantitative estimate of drug-likeness (QED) is 0.786. The fourth-order valence-electron chi connectivity index (χ4n) is 3.02. The Hall–Kier alpha value is -0.580. The van der Waals surface area contributed by atoms with Gasteiger partial charge in [-0.3, -0.25) is 4.79 Å². The van der Waals surface area contributed by atoms with Crippen molar-refractivity contribution in [3.05, 3.63) is 21.9 Å². The molecule has 0 spiro atoms. The van der Waals surface area contributed by atoms with Crippen LogP contribution in [0.3, 0.4) is 0 Å². The van der Waals surface area contributed by atoms with E-state index in [4.69, 9.17) is 16.3 Å². The maximum Gasteiger partial charge on any atom is 0.230 e. The normalized spacial score (nSPS) is 27.1. The smallest absolute Gasteiger partial charge is 0.230 e. The van der Waals surface area contributed by atoms with Gasteiger partial charge in [0.2, 0.25) is 5.91 Å². The fourth-order valence-corrected chi connectivity index (χ4v) is 4.26. The second kappa shape index (κ2) is 5.81. The molecule has 1 aromatic heterocycles. The minimum Gasteiger partial charge on any atom is -0.377 e. The summed E-state index contributed by atoms with van der Waals surface area (Å²) in [4.78, 5) is 16.1. The number of morpholine rings is 1. The first-order chi connectivity index (χ1) is 9.31. The van der Waals surface area contributed by atoms with Gasteiger partial charge in [-0.1, -0.05) is 0 Å². The zero-order chi connectivity index (χ0) is 13.2. The van der Waals surface area contributed by atoms with E-state index in [1.54, 1.807) is 11.3 Å². The third-order valence-electron chi connectivity index (χ3n) is 4.04. The largest absolute Gasteiger partial charge is 0.377 e. The molecule has 2 aliphatic rings. The van der Waals surface area contributed by atoms with Gasteiger partial charge in [0.15, 0.2) is 0 Å². The average Bonchev–Trinajstić information content (AvgIpc) is 2.94. The van der Waals surface area contributed by atoms with E-state index in [9.17, 15) is 4.79 Å². The average molecular weight is 300 g/mol. The van der Waals surface area contributed by atoms with Crippen molar-refractivity contribution in [2.75, 3.05) is 25.6 Å². The van der Waals surface area contributed by atoms with Crippen molar-refractivity contribution in [2.24, 2.45) is 0 Å². The lowest BCUT2D eigenvalue weighted by Crippen LogP contribution is -2.51. The predicted molar refractivity (Wildman–Crippen MR) is 77.0 cm³/mol. The lowest BCUT2D eigenvalue weighted by molar-refractivity contribution is -0.141. The molecule has 0 N–H and O–H groups in total. The number of thiophene rings is 1. The molecule has 104 valence electrons. The van der Waals surface area contributed by atoms with E-state index < -0.39 is 0 Å². The molecule has 0 aromatic carbocycles. The Bertz CT molecular complexity index is 462. The highest BCUT2D eigenvalue weighted by molar-refractivity contribution is 7.10. The molecule has 3 nitrogen and oxygen atoms in total. The molecule has 2 heterocycles. The minimum atomic E-state index is 0.0342. The molecule has 3 rings (SSSR count). The molecule has 1 amide bonds. The van der Waals surface area contributed by atoms with E-state index in [0.29, 0.717) is 25.6 Å². The summed E-state index contributed by atoms with van der Waals surface area (Å²) < 4.78 is 5.42. The summed E-state index contributed by atoms with van der Waals surface area (Å²) in [5.41, 5.74) is 1.25. The molecule has 19 heavy (non-hydrogen) atoms. The molecular formula is C14H18ClNO2S. The lowest BCUT2D eigenvalue weighted by Gasteiger charge is -2.37. The standard InChI is InChI=1S/C14H18ClNO2S/c15-8-10-9-18-6-5-16(10)14(17)12-2-1-3-13-11(12)4-7-19-13/h4,7,10,12H,1-3,5-6,8-9H2. The summed E-state index contributed by atoms with van der Waals surface area (Å²) in [6.45, 7) is 1.87. The summed E-state index contributed by atoms with van der Waals surface area (Å²) in [5.74, 6) is 0.738. The summed E-state index contributed by atoms with van der Waals surface area (Å²) in [6.07, 6.45) is 3.20. The number of rotatable bonds is 2. The Labute approximate surface area is 122 Å². The Balaban J connectivity index is 1.81. The van der Waals surface area contributed by atoms with Gasteiger partial charge in [0.1, 0.15) is 0 Å². The highest BCUT2D eigenvalue weighted by Gasteiger charge is 2.34. The summed E-state index contributed by atoms with van der Waals surface area (Å²) in [6, 6.07) is 2.16. The summed E-state index contributed by atoms with van der Waals surface area (Å²) in [7, 11) is 0. The maximum atomic E-state index is 12.8. The van der Waals surface area contributed by atoms with E-state index in [0.717, 1.165) is 19.3 Å². The molecule has 2 unspecified atom stereocenters. The number of halogens is 1. The van der Waals surface area contributed by atoms with Gasteiger partial charge in [-0.2, -0.15) is 0 Å². The van der Waals surface area contributed by atoms with Crippen LogP contribution in [-0.2, 0) is 16.0 Å². The number of fused-ring (bicyclic) bond motifs is 1. The summed E-state index contributed by atoms with van der Waals surface area (Å²) >= 11 is 7.74. The van der Waals surface area contributed by atoms with Crippen LogP contribution in [0.1, 0.15) is 29.2 Å². The van der Waals surface area contributed by atoms with Gasteiger partial charge in [-0.05, 0) is 36.3 Å². The Kier molecular flexibility index (Phi) is 4.10. The SMILES string of the molecule is O=C(C1CCCc2sccc21)N1CCOCC1CCl. The van der Waals surface area contributed by atoms with E-state index in [-0.39, 0.29) is 17.9 Å². The molecule has 1 aliphatic heterocycles. The van der Waals surface area contributed by atoms with Crippen LogP contribution in [0, 0.1) is 0 Å². The van der Waals surface area contributed by atoms with Crippen molar-refractivity contribution >= 4 is 28.8 Å². The highest BCUT2D eigenvalue weighted by Crippen LogP contribution is 2.36. The first-order valence-electron chi connectivity index (χ1n) is 6.81. The van der Waals surface area contributed by atoms with E-state index in [1.807, 2.05) is 4.90 Å². The number of hydrogen-bond donors (Lipinski definition) is 0. The number of nitrogens with zero attached hydrogens (tertiary/aromatic N) is 1. The molecule has 1 aliphatic carbocycles. The highest BCUT2D eigenvalue weighted by atomic mass is 35.5.